The Bertz CT molecular complexity index is 1460. The number of pyridine rings is 1. The number of aryl methyl sites for hydroxylation is 2. The van der Waals surface area contributed by atoms with Gasteiger partial charge in [0.2, 0.25) is 0 Å². The Balaban J connectivity index is 0.000000400. The van der Waals surface area contributed by atoms with E-state index in [0.717, 1.165) is 22.3 Å². The average molecular weight is 729 g/mol. The van der Waals surface area contributed by atoms with E-state index in [9.17, 15) is 9.90 Å². The Morgan fingerprint density at radius 3 is 2.10 bits per heavy atom. The van der Waals surface area contributed by atoms with E-state index in [1.807, 2.05) is 27.7 Å². The first-order chi connectivity index (χ1) is 18.3. The second-order valence-electron chi connectivity index (χ2n) is 11.9. The van der Waals surface area contributed by atoms with Gasteiger partial charge in [0.25, 0.3) is 0 Å². The molecular formula is C35H42IrNO2Si-. The number of hydrogen-bond acceptors (Lipinski definition) is 3. The van der Waals surface area contributed by atoms with Gasteiger partial charge >= 0.3 is 0 Å². The molecule has 0 unspecified atom stereocenters. The van der Waals surface area contributed by atoms with E-state index in [4.69, 9.17) is 4.98 Å². The number of ketones is 1. The number of nitrogens with zero attached hydrogens (tertiary/aromatic N) is 1. The topological polar surface area (TPSA) is 50.2 Å². The molecule has 213 valence electrons. The normalized spacial score (nSPS) is 11.7. The van der Waals surface area contributed by atoms with Crippen LogP contribution in [0.2, 0.25) is 19.6 Å². The zero-order valence-corrected chi connectivity index (χ0v) is 28.6. The van der Waals surface area contributed by atoms with Gasteiger partial charge in [-0.2, -0.15) is 0 Å². The molecule has 3 nitrogen and oxygen atoms in total. The van der Waals surface area contributed by atoms with Crippen molar-refractivity contribution >= 4 is 29.9 Å². The molecule has 1 aromatic heterocycles. The monoisotopic (exact) mass is 729 g/mol. The number of allylic oxidation sites excluding steroid dienone is 2. The van der Waals surface area contributed by atoms with Crippen molar-refractivity contribution in [1.82, 2.24) is 4.98 Å². The number of hydrogen-bond donors (Lipinski definition) is 1. The molecule has 0 aliphatic rings. The molecule has 0 saturated heterocycles. The molecule has 5 heteroatoms. The van der Waals surface area contributed by atoms with Crippen LogP contribution in [0, 0.1) is 31.7 Å². The summed E-state index contributed by atoms with van der Waals surface area (Å²) in [6, 6.07) is 27.3. The maximum atomic E-state index is 11.0. The predicted octanol–water partition coefficient (Wildman–Crippen LogP) is 8.84. The molecule has 0 saturated carbocycles. The van der Waals surface area contributed by atoms with Crippen molar-refractivity contribution in [3.05, 3.63) is 95.8 Å². The van der Waals surface area contributed by atoms with Crippen molar-refractivity contribution < 1.29 is 30.0 Å². The van der Waals surface area contributed by atoms with Crippen LogP contribution in [0.5, 0.6) is 0 Å². The number of aliphatic hydroxyl groups is 1. The van der Waals surface area contributed by atoms with Crippen LogP contribution in [0.25, 0.3) is 33.3 Å². The van der Waals surface area contributed by atoms with Crippen LogP contribution in [0.1, 0.15) is 38.8 Å². The Morgan fingerprint density at radius 1 is 0.900 bits per heavy atom. The minimum absolute atomic E-state index is 0. The molecule has 0 amide bonds. The molecule has 4 rings (SSSR count). The van der Waals surface area contributed by atoms with Crippen LogP contribution in [-0.4, -0.2) is 23.9 Å². The largest absolute Gasteiger partial charge is 0.512 e. The van der Waals surface area contributed by atoms with E-state index in [-0.39, 0.29) is 43.5 Å². The SMILES string of the molecule is CC(C)C(=O)/C=C(\O)C(C)C.Cc1[c-]c(-c2cc([Si](C)(C)C)c3c(-c4ccccc4)cccc3n2)cc(C)c1.[Ir]. The summed E-state index contributed by atoms with van der Waals surface area (Å²) < 4.78 is 0. The molecule has 0 spiro atoms. The molecule has 0 bridgehead atoms. The summed E-state index contributed by atoms with van der Waals surface area (Å²) in [6.07, 6.45) is 1.31. The van der Waals surface area contributed by atoms with Crippen LogP contribution in [0.4, 0.5) is 0 Å². The van der Waals surface area contributed by atoms with Gasteiger partial charge in [-0.3, -0.25) is 9.78 Å². The summed E-state index contributed by atoms with van der Waals surface area (Å²) in [7, 11) is -1.61. The smallest absolute Gasteiger partial charge is 0.161 e. The third kappa shape index (κ3) is 8.57. The summed E-state index contributed by atoms with van der Waals surface area (Å²) in [4.78, 5) is 16.1. The first-order valence-corrected chi connectivity index (χ1v) is 17.2. The Labute approximate surface area is 255 Å². The summed E-state index contributed by atoms with van der Waals surface area (Å²) in [5, 5.41) is 12.0. The number of aliphatic hydroxyl groups excluding tert-OH is 1. The Morgan fingerprint density at radius 2 is 1.55 bits per heavy atom. The summed E-state index contributed by atoms with van der Waals surface area (Å²) in [5.74, 6) is 0.161. The van der Waals surface area contributed by atoms with E-state index in [2.05, 4.69) is 106 Å². The number of carbonyl (C=O) groups excluding carboxylic acids is 1. The summed E-state index contributed by atoms with van der Waals surface area (Å²) in [6.45, 7) is 18.8. The number of fused-ring (bicyclic) bond motifs is 1. The molecule has 1 heterocycles. The van der Waals surface area contributed by atoms with Gasteiger partial charge in [0.05, 0.1) is 19.3 Å². The van der Waals surface area contributed by atoms with E-state index in [1.54, 1.807) is 0 Å². The van der Waals surface area contributed by atoms with Gasteiger partial charge in [0, 0.05) is 43.4 Å². The quantitative estimate of drug-likeness (QED) is 0.0935. The van der Waals surface area contributed by atoms with Crippen molar-refractivity contribution in [2.24, 2.45) is 11.8 Å². The fraction of sp³-hybridized carbons (Fsp3) is 0.314. The van der Waals surface area contributed by atoms with Gasteiger partial charge in [-0.25, -0.2) is 0 Å². The second-order valence-corrected chi connectivity index (χ2v) is 16.9. The first-order valence-electron chi connectivity index (χ1n) is 13.7. The van der Waals surface area contributed by atoms with Crippen molar-refractivity contribution in [3.8, 4) is 22.4 Å². The minimum Gasteiger partial charge on any atom is -0.512 e. The molecule has 0 aliphatic heterocycles. The Kier molecular flexibility index (Phi) is 11.8. The van der Waals surface area contributed by atoms with E-state index in [0.29, 0.717) is 0 Å². The molecule has 0 aliphatic carbocycles. The minimum atomic E-state index is -1.61. The second kappa shape index (κ2) is 14.2. The van der Waals surface area contributed by atoms with Crippen LogP contribution in [0.15, 0.2) is 78.6 Å². The summed E-state index contributed by atoms with van der Waals surface area (Å²) in [5.41, 5.74) is 8.12. The van der Waals surface area contributed by atoms with Crippen LogP contribution in [-0.2, 0) is 24.9 Å². The molecule has 40 heavy (non-hydrogen) atoms. The molecular weight excluding hydrogens is 687 g/mol. The standard InChI is InChI=1S/C26H26NSi.C9H16O2.Ir/c1-18-14-19(2)16-21(15-18)24-17-25(28(3,4)5)26-22(12-9-13-23(26)27-24)20-10-7-6-8-11-20;1-6(2)8(10)5-9(11)7(3)4;/h6-15,17H,1-5H3;5-7,10H,1-4H3;/q-1;;/b;8-5-;. The van der Waals surface area contributed by atoms with Crippen molar-refractivity contribution in [2.45, 2.75) is 61.2 Å². The van der Waals surface area contributed by atoms with Gasteiger partial charge < -0.3 is 5.11 Å². The van der Waals surface area contributed by atoms with Crippen molar-refractivity contribution in [3.63, 3.8) is 0 Å². The van der Waals surface area contributed by atoms with Crippen molar-refractivity contribution in [2.75, 3.05) is 0 Å². The molecule has 1 radical (unpaired) electrons. The van der Waals surface area contributed by atoms with E-state index < -0.39 is 8.07 Å². The maximum Gasteiger partial charge on any atom is 0.161 e. The van der Waals surface area contributed by atoms with Gasteiger partial charge in [0.1, 0.15) is 0 Å². The van der Waals surface area contributed by atoms with Gasteiger partial charge in [-0.1, -0.05) is 115 Å². The zero-order valence-electron chi connectivity index (χ0n) is 25.2. The van der Waals surface area contributed by atoms with Crippen LogP contribution < -0.4 is 5.19 Å². The molecule has 3 aromatic carbocycles. The number of carbonyl (C=O) groups is 1. The molecule has 0 fully saturated rings. The average Bonchev–Trinajstić information content (AvgIpc) is 2.87. The molecule has 1 N–H and O–H groups in total. The van der Waals surface area contributed by atoms with Gasteiger partial charge in [0.15, 0.2) is 5.78 Å². The third-order valence-corrected chi connectivity index (χ3v) is 8.61. The number of aromatic nitrogens is 1. The predicted molar refractivity (Wildman–Crippen MR) is 169 cm³/mol. The van der Waals surface area contributed by atoms with E-state index >= 15 is 0 Å². The Hall–Kier alpha value is -2.85. The van der Waals surface area contributed by atoms with E-state index in [1.165, 1.54) is 33.3 Å². The fourth-order valence-corrected chi connectivity index (χ4v) is 5.97. The fourth-order valence-electron chi connectivity index (χ4n) is 4.39. The number of benzene rings is 3. The molecule has 0 atom stereocenters. The zero-order chi connectivity index (χ0) is 28.9. The third-order valence-electron chi connectivity index (χ3n) is 6.60. The maximum absolute atomic E-state index is 11.0. The number of rotatable bonds is 6. The summed E-state index contributed by atoms with van der Waals surface area (Å²) >= 11 is 0. The van der Waals surface area contributed by atoms with Gasteiger partial charge in [-0.05, 0) is 22.9 Å². The van der Waals surface area contributed by atoms with Gasteiger partial charge in [-0.15, -0.1) is 34.9 Å². The van der Waals surface area contributed by atoms with Crippen molar-refractivity contribution in [1.29, 1.82) is 0 Å². The van der Waals surface area contributed by atoms with Crippen LogP contribution in [0.3, 0.4) is 0 Å². The molecule has 4 aromatic rings. The first kappa shape index (κ1) is 33.4. The van der Waals surface area contributed by atoms with Crippen LogP contribution >= 0.6 is 0 Å².